The maximum Gasteiger partial charge on any atom is 0.270 e. The minimum absolute atomic E-state index is 0.234. The molecule has 1 aromatic rings. The van der Waals surface area contributed by atoms with Gasteiger partial charge in [-0.25, -0.2) is 8.42 Å². The van der Waals surface area contributed by atoms with E-state index in [1.54, 1.807) is 4.90 Å². The van der Waals surface area contributed by atoms with Crippen LogP contribution in [0.1, 0.15) is 19.8 Å². The molecule has 0 radical (unpaired) electrons. The summed E-state index contributed by atoms with van der Waals surface area (Å²) in [7, 11) is -3.99. The van der Waals surface area contributed by atoms with E-state index < -0.39 is 21.0 Å². The molecule has 9 heteroatoms. The highest BCUT2D eigenvalue weighted by Gasteiger charge is 2.27. The largest absolute Gasteiger partial charge is 0.341 e. The van der Waals surface area contributed by atoms with Gasteiger partial charge in [-0.05, 0) is 25.8 Å². The van der Waals surface area contributed by atoms with E-state index in [1.165, 1.54) is 25.1 Å². The van der Waals surface area contributed by atoms with Crippen LogP contribution in [0.4, 0.5) is 5.69 Å². The van der Waals surface area contributed by atoms with Crippen molar-refractivity contribution >= 4 is 21.6 Å². The number of hydrogen-bond donors (Lipinski definition) is 1. The van der Waals surface area contributed by atoms with Crippen molar-refractivity contribution in [3.63, 3.8) is 0 Å². The number of benzene rings is 1. The van der Waals surface area contributed by atoms with Crippen molar-refractivity contribution in [1.82, 2.24) is 9.62 Å². The van der Waals surface area contributed by atoms with Gasteiger partial charge in [0, 0.05) is 25.2 Å². The molecule has 1 fully saturated rings. The molecule has 0 bridgehead atoms. The van der Waals surface area contributed by atoms with Crippen LogP contribution in [-0.2, 0) is 14.8 Å². The van der Waals surface area contributed by atoms with Crippen molar-refractivity contribution in [2.45, 2.75) is 30.7 Å². The highest BCUT2D eigenvalue weighted by molar-refractivity contribution is 7.89. The van der Waals surface area contributed by atoms with Crippen LogP contribution in [0.25, 0.3) is 0 Å². The summed E-state index contributed by atoms with van der Waals surface area (Å²) in [5.41, 5.74) is -0.318. The lowest BCUT2D eigenvalue weighted by atomic mass is 10.3. The fraction of sp³-hybridized carbons (Fsp3) is 0.462. The first kappa shape index (κ1) is 16.4. The molecular formula is C13H17N3O5S. The van der Waals surface area contributed by atoms with Gasteiger partial charge in [0.25, 0.3) is 5.69 Å². The number of carbonyl (C=O) groups excluding carboxylic acids is 1. The van der Waals surface area contributed by atoms with Crippen LogP contribution in [0, 0.1) is 10.1 Å². The normalized spacial score (nSPS) is 16.5. The monoisotopic (exact) mass is 327 g/mol. The number of hydrogen-bond acceptors (Lipinski definition) is 5. The number of carbonyl (C=O) groups is 1. The fourth-order valence-corrected chi connectivity index (χ4v) is 3.56. The van der Waals surface area contributed by atoms with E-state index in [0.717, 1.165) is 18.9 Å². The van der Waals surface area contributed by atoms with Crippen molar-refractivity contribution in [3.8, 4) is 0 Å². The molecule has 1 aromatic carbocycles. The average Bonchev–Trinajstić information content (AvgIpc) is 3.00. The summed E-state index contributed by atoms with van der Waals surface area (Å²) in [6.45, 7) is 2.72. The van der Waals surface area contributed by atoms with Crippen LogP contribution in [0.5, 0.6) is 0 Å². The van der Waals surface area contributed by atoms with Gasteiger partial charge in [0.05, 0.1) is 15.9 Å². The summed E-state index contributed by atoms with van der Waals surface area (Å²) in [4.78, 5) is 23.5. The van der Waals surface area contributed by atoms with Crippen molar-refractivity contribution < 1.29 is 18.1 Å². The number of nitro groups is 1. The van der Waals surface area contributed by atoms with Gasteiger partial charge in [0.1, 0.15) is 0 Å². The number of nitrogens with zero attached hydrogens (tertiary/aromatic N) is 2. The molecule has 0 spiro atoms. The Morgan fingerprint density at radius 3 is 2.59 bits per heavy atom. The molecule has 22 heavy (non-hydrogen) atoms. The molecule has 1 amide bonds. The molecule has 1 aliphatic rings. The molecule has 0 unspecified atom stereocenters. The molecule has 0 aliphatic carbocycles. The summed E-state index contributed by atoms with van der Waals surface area (Å²) in [5.74, 6) is -0.286. The summed E-state index contributed by atoms with van der Waals surface area (Å²) in [5, 5.41) is 10.7. The Morgan fingerprint density at radius 1 is 1.36 bits per heavy atom. The van der Waals surface area contributed by atoms with E-state index in [-0.39, 0.29) is 16.5 Å². The summed E-state index contributed by atoms with van der Waals surface area (Å²) in [6, 6.07) is 3.80. The van der Waals surface area contributed by atoms with Gasteiger partial charge >= 0.3 is 0 Å². The molecular weight excluding hydrogens is 310 g/mol. The van der Waals surface area contributed by atoms with Gasteiger partial charge in [-0.1, -0.05) is 6.07 Å². The van der Waals surface area contributed by atoms with Crippen LogP contribution >= 0.6 is 0 Å². The minimum Gasteiger partial charge on any atom is -0.341 e. The second-order valence-corrected chi connectivity index (χ2v) is 6.84. The number of amides is 1. The van der Waals surface area contributed by atoms with E-state index >= 15 is 0 Å². The Balaban J connectivity index is 2.14. The van der Waals surface area contributed by atoms with Crippen LogP contribution < -0.4 is 4.72 Å². The third-order valence-corrected chi connectivity index (χ3v) is 5.00. The Morgan fingerprint density at radius 2 is 2.00 bits per heavy atom. The molecule has 8 nitrogen and oxygen atoms in total. The fourth-order valence-electron chi connectivity index (χ4n) is 2.33. The van der Waals surface area contributed by atoms with Gasteiger partial charge < -0.3 is 4.90 Å². The smallest absolute Gasteiger partial charge is 0.270 e. The van der Waals surface area contributed by atoms with Crippen molar-refractivity contribution in [1.29, 1.82) is 0 Å². The van der Waals surface area contributed by atoms with Crippen LogP contribution in [0.3, 0.4) is 0 Å². The Hall–Kier alpha value is -2.00. The molecule has 0 aromatic heterocycles. The molecule has 0 saturated carbocycles. The lowest BCUT2D eigenvalue weighted by Crippen LogP contribution is -2.45. The number of nitrogens with one attached hydrogen (secondary N) is 1. The number of sulfonamides is 1. The van der Waals surface area contributed by atoms with Crippen LogP contribution in [0.15, 0.2) is 29.2 Å². The van der Waals surface area contributed by atoms with Gasteiger partial charge in [-0.2, -0.15) is 4.72 Å². The van der Waals surface area contributed by atoms with E-state index in [2.05, 4.69) is 4.72 Å². The minimum atomic E-state index is -3.99. The van der Waals surface area contributed by atoms with E-state index in [0.29, 0.717) is 13.1 Å². The topological polar surface area (TPSA) is 110 Å². The Kier molecular flexibility index (Phi) is 4.77. The summed E-state index contributed by atoms with van der Waals surface area (Å²) < 4.78 is 26.7. The zero-order valence-electron chi connectivity index (χ0n) is 12.1. The molecule has 1 N–H and O–H groups in total. The molecule has 120 valence electrons. The SMILES string of the molecule is C[C@@H](NS(=O)(=O)c1cccc([N+](=O)[O-])c1)C(=O)N1CCCC1. The Labute approximate surface area is 128 Å². The summed E-state index contributed by atoms with van der Waals surface area (Å²) in [6.07, 6.45) is 1.83. The second-order valence-electron chi connectivity index (χ2n) is 5.13. The third kappa shape index (κ3) is 3.60. The molecule has 1 aliphatic heterocycles. The highest BCUT2D eigenvalue weighted by atomic mass is 32.2. The van der Waals surface area contributed by atoms with Crippen LogP contribution in [0.2, 0.25) is 0 Å². The van der Waals surface area contributed by atoms with E-state index in [1.807, 2.05) is 0 Å². The maximum absolute atomic E-state index is 12.2. The molecule has 1 heterocycles. The first-order chi connectivity index (χ1) is 10.3. The number of non-ortho nitro benzene ring substituents is 1. The van der Waals surface area contributed by atoms with Gasteiger partial charge in [-0.3, -0.25) is 14.9 Å². The predicted octanol–water partition coefficient (Wildman–Crippen LogP) is 0.884. The molecule has 1 saturated heterocycles. The van der Waals surface area contributed by atoms with Crippen molar-refractivity contribution in [3.05, 3.63) is 34.4 Å². The van der Waals surface area contributed by atoms with Gasteiger partial charge in [0.2, 0.25) is 15.9 Å². The first-order valence-electron chi connectivity index (χ1n) is 6.87. The number of nitro benzene ring substituents is 1. The standard InChI is InChI=1S/C13H17N3O5S/c1-10(13(17)15-7-2-3-8-15)14-22(20,21)12-6-4-5-11(9-12)16(18)19/h4-6,9-10,14H,2-3,7-8H2,1H3/t10-/m1/s1. The maximum atomic E-state index is 12.2. The molecule has 1 atom stereocenters. The zero-order valence-corrected chi connectivity index (χ0v) is 12.9. The van der Waals surface area contributed by atoms with Crippen molar-refractivity contribution in [2.24, 2.45) is 0 Å². The van der Waals surface area contributed by atoms with E-state index in [9.17, 15) is 23.3 Å². The Bertz CT molecular complexity index is 683. The lowest BCUT2D eigenvalue weighted by molar-refractivity contribution is -0.385. The number of likely N-dealkylation sites (tertiary alicyclic amines) is 1. The second kappa shape index (κ2) is 6.41. The van der Waals surface area contributed by atoms with Crippen molar-refractivity contribution in [2.75, 3.05) is 13.1 Å². The van der Waals surface area contributed by atoms with E-state index in [4.69, 9.17) is 0 Å². The number of rotatable bonds is 5. The first-order valence-corrected chi connectivity index (χ1v) is 8.35. The van der Waals surface area contributed by atoms with Gasteiger partial charge in [-0.15, -0.1) is 0 Å². The third-order valence-electron chi connectivity index (χ3n) is 3.46. The molecule has 2 rings (SSSR count). The zero-order chi connectivity index (χ0) is 16.3. The van der Waals surface area contributed by atoms with Gasteiger partial charge in [0.15, 0.2) is 0 Å². The summed E-state index contributed by atoms with van der Waals surface area (Å²) >= 11 is 0. The van der Waals surface area contributed by atoms with Crippen LogP contribution in [-0.4, -0.2) is 43.3 Å². The highest BCUT2D eigenvalue weighted by Crippen LogP contribution is 2.18. The average molecular weight is 327 g/mol. The predicted molar refractivity (Wildman–Crippen MR) is 78.7 cm³/mol. The lowest BCUT2D eigenvalue weighted by Gasteiger charge is -2.21. The quantitative estimate of drug-likeness (QED) is 0.638.